The van der Waals surface area contributed by atoms with E-state index in [2.05, 4.69) is 54.7 Å². The lowest BCUT2D eigenvalue weighted by Gasteiger charge is -2.01. The third-order valence-corrected chi connectivity index (χ3v) is 3.80. The fourth-order valence-corrected chi connectivity index (χ4v) is 2.54. The van der Waals surface area contributed by atoms with Crippen molar-refractivity contribution in [3.8, 4) is 5.40 Å². The maximum Gasteiger partial charge on any atom is 0.168 e. The first-order valence-corrected chi connectivity index (χ1v) is 9.21. The summed E-state index contributed by atoms with van der Waals surface area (Å²) in [4.78, 5) is 0. The van der Waals surface area contributed by atoms with Gasteiger partial charge in [-0.3, -0.25) is 0 Å². The van der Waals surface area contributed by atoms with Gasteiger partial charge in [-0.1, -0.05) is 76.2 Å². The summed E-state index contributed by atoms with van der Waals surface area (Å²) in [6.45, 7) is 3.46. The first-order chi connectivity index (χ1) is 10.8. The minimum absolute atomic E-state index is 1.18. The third-order valence-electron chi connectivity index (χ3n) is 3.80. The van der Waals surface area contributed by atoms with Crippen LogP contribution in [-0.4, -0.2) is 0 Å². The van der Waals surface area contributed by atoms with Crippen LogP contribution >= 0.6 is 0 Å². The molecule has 0 fully saturated rings. The molecular weight excluding hydrogens is 288 g/mol. The zero-order chi connectivity index (χ0) is 16.3. The summed E-state index contributed by atoms with van der Waals surface area (Å²) in [7, 11) is 0. The van der Waals surface area contributed by atoms with Gasteiger partial charge in [0.25, 0.3) is 0 Å². The Morgan fingerprint density at radius 1 is 0.773 bits per heavy atom. The van der Waals surface area contributed by atoms with Crippen LogP contribution in [0.25, 0.3) is 0 Å². The molecule has 0 spiro atoms. The molecule has 1 aromatic rings. The smallest absolute Gasteiger partial charge is 0.168 e. The van der Waals surface area contributed by atoms with Gasteiger partial charge in [0.05, 0.1) is 0 Å². The number of aryl methyl sites for hydroxylation is 1. The van der Waals surface area contributed by atoms with Crippen LogP contribution in [0.5, 0.6) is 0 Å². The number of unbranched alkanes of at least 4 members (excludes halogenated alkanes) is 10. The van der Waals surface area contributed by atoms with E-state index in [0.717, 1.165) is 0 Å². The molecule has 1 heterocycles. The maximum absolute atomic E-state index is 7.13. The summed E-state index contributed by atoms with van der Waals surface area (Å²) in [6, 6.07) is 6.30. The summed E-state index contributed by atoms with van der Waals surface area (Å²) in [6.07, 6.45) is 20.0. The molecule has 0 aliphatic carbocycles. The van der Waals surface area contributed by atoms with Crippen molar-refractivity contribution in [2.45, 2.75) is 84.1 Å². The van der Waals surface area contributed by atoms with Crippen molar-refractivity contribution in [3.05, 3.63) is 30.6 Å². The first kappa shape index (κ1) is 20.9. The molecule has 0 N–H and O–H groups in total. The number of pyridine rings is 1. The van der Waals surface area contributed by atoms with Crippen molar-refractivity contribution >= 4 is 12.6 Å². The largest absolute Gasteiger partial charge is 0.696 e. The van der Waals surface area contributed by atoms with E-state index in [0.29, 0.717) is 0 Å². The van der Waals surface area contributed by atoms with Gasteiger partial charge in [-0.05, 0) is 6.42 Å². The lowest BCUT2D eigenvalue weighted by molar-refractivity contribution is -0.697. The van der Waals surface area contributed by atoms with Gasteiger partial charge in [0.2, 0.25) is 0 Å². The highest BCUT2D eigenvalue weighted by molar-refractivity contribution is 7.64. The molecule has 124 valence electrons. The summed E-state index contributed by atoms with van der Waals surface area (Å²) in [5.41, 5.74) is 0. The number of nitrogens with zero attached hydrogens (tertiary/aromatic N) is 2. The van der Waals surface area contributed by atoms with Gasteiger partial charge >= 0.3 is 0 Å². The average molecular weight is 321 g/mol. The first-order valence-electron chi connectivity index (χ1n) is 8.80. The molecule has 1 rings (SSSR count). The Hall–Kier alpha value is -1.14. The number of rotatable bonds is 12. The molecule has 22 heavy (non-hydrogen) atoms. The van der Waals surface area contributed by atoms with Crippen LogP contribution in [0, 0.1) is 10.7 Å². The highest BCUT2D eigenvalue weighted by Crippen LogP contribution is 2.11. The van der Waals surface area contributed by atoms with Crippen LogP contribution in [0.1, 0.15) is 77.6 Å². The summed E-state index contributed by atoms with van der Waals surface area (Å²) in [5.74, 6) is 0. The quantitative estimate of drug-likeness (QED) is 0.226. The molecule has 0 radical (unpaired) electrons. The Labute approximate surface area is 143 Å². The monoisotopic (exact) mass is 320 g/mol. The van der Waals surface area contributed by atoms with E-state index in [1.807, 2.05) is 0 Å². The van der Waals surface area contributed by atoms with E-state index in [4.69, 9.17) is 5.26 Å². The summed E-state index contributed by atoms with van der Waals surface area (Å²) in [5, 5.41) is 8.47. The predicted octanol–water partition coefficient (Wildman–Crippen LogP) is 5.30. The lowest BCUT2D eigenvalue weighted by atomic mass is 10.1. The standard InChI is InChI=1S/C18H32N.CHNS/c1-2-3-4-5-6-7-8-9-10-11-13-16-19-17-14-12-15-18-19;2-1-3/h12,14-15,17-18H,2-11,13,16H2,1H3;3H/q+1;/p-1. The van der Waals surface area contributed by atoms with Crippen LogP contribution in [0.4, 0.5) is 0 Å². The van der Waals surface area contributed by atoms with Crippen molar-refractivity contribution < 1.29 is 4.57 Å². The van der Waals surface area contributed by atoms with E-state index in [-0.39, 0.29) is 0 Å². The van der Waals surface area contributed by atoms with Crippen LogP contribution in [0.15, 0.2) is 30.6 Å². The Morgan fingerprint density at radius 3 is 1.64 bits per heavy atom. The number of thiocyanates is 1. The molecule has 0 bridgehead atoms. The van der Waals surface area contributed by atoms with E-state index in [1.54, 1.807) is 0 Å². The fourth-order valence-electron chi connectivity index (χ4n) is 2.54. The molecule has 0 unspecified atom stereocenters. The van der Waals surface area contributed by atoms with Gasteiger partial charge in [-0.15, -0.1) is 0 Å². The molecule has 0 saturated carbocycles. The zero-order valence-electron chi connectivity index (χ0n) is 14.2. The molecule has 0 aromatic carbocycles. The molecule has 0 atom stereocenters. The Bertz CT molecular complexity index is 359. The van der Waals surface area contributed by atoms with Crippen molar-refractivity contribution in [2.24, 2.45) is 0 Å². The number of hydrogen-bond donors (Lipinski definition) is 0. The van der Waals surface area contributed by atoms with Gasteiger partial charge in [-0.25, -0.2) is 9.83 Å². The third kappa shape index (κ3) is 15.3. The van der Waals surface area contributed by atoms with Crippen molar-refractivity contribution in [1.82, 2.24) is 0 Å². The lowest BCUT2D eigenvalue weighted by Crippen LogP contribution is -2.32. The van der Waals surface area contributed by atoms with Crippen molar-refractivity contribution in [1.29, 1.82) is 5.26 Å². The molecule has 2 nitrogen and oxygen atoms in total. The molecule has 0 saturated heterocycles. The number of hydrogen-bond acceptors (Lipinski definition) is 2. The number of nitriles is 1. The molecule has 1 aromatic heterocycles. The minimum Gasteiger partial charge on any atom is -0.696 e. The Kier molecular flexibility index (Phi) is 17.0. The molecular formula is C19H32N2S. The second-order valence-corrected chi connectivity index (χ2v) is 5.92. The number of aromatic nitrogens is 1. The van der Waals surface area contributed by atoms with Crippen LogP contribution in [-0.2, 0) is 19.2 Å². The second-order valence-electron chi connectivity index (χ2n) is 5.74. The highest BCUT2D eigenvalue weighted by atomic mass is 32.1. The van der Waals surface area contributed by atoms with E-state index in [1.165, 1.54) is 82.6 Å². The van der Waals surface area contributed by atoms with Gasteiger partial charge in [0, 0.05) is 18.6 Å². The molecule has 0 amide bonds. The van der Waals surface area contributed by atoms with Crippen LogP contribution in [0.2, 0.25) is 0 Å². The topological polar surface area (TPSA) is 27.7 Å². The maximum atomic E-state index is 7.13. The fraction of sp³-hybridized carbons (Fsp3) is 0.684. The van der Waals surface area contributed by atoms with E-state index >= 15 is 0 Å². The van der Waals surface area contributed by atoms with Gasteiger partial charge < -0.3 is 12.6 Å². The van der Waals surface area contributed by atoms with Crippen LogP contribution in [0.3, 0.4) is 0 Å². The molecule has 0 aliphatic heterocycles. The van der Waals surface area contributed by atoms with Gasteiger partial charge in [0.15, 0.2) is 12.4 Å². The Balaban J connectivity index is 0.00000135. The SMILES string of the molecule is CCCCCCCCCCCCC[n+]1ccccc1.N#C[S-]. The highest BCUT2D eigenvalue weighted by Gasteiger charge is 1.97. The molecule has 3 heteroatoms. The Morgan fingerprint density at radius 2 is 1.18 bits per heavy atom. The minimum atomic E-state index is 1.18. The van der Waals surface area contributed by atoms with Crippen LogP contribution < -0.4 is 4.57 Å². The second kappa shape index (κ2) is 17.9. The van der Waals surface area contributed by atoms with Gasteiger partial charge in [-0.2, -0.15) is 0 Å². The molecule has 0 aliphatic rings. The van der Waals surface area contributed by atoms with Gasteiger partial charge in [0.1, 0.15) is 6.54 Å². The van der Waals surface area contributed by atoms with E-state index < -0.39 is 0 Å². The predicted molar refractivity (Wildman–Crippen MR) is 96.1 cm³/mol. The van der Waals surface area contributed by atoms with E-state index in [9.17, 15) is 0 Å². The summed E-state index contributed by atoms with van der Waals surface area (Å²) < 4.78 is 2.29. The summed E-state index contributed by atoms with van der Waals surface area (Å²) >= 11 is 3.70. The average Bonchev–Trinajstić information content (AvgIpc) is 2.54. The zero-order valence-corrected chi connectivity index (χ0v) is 15.0. The normalized spacial score (nSPS) is 9.64. The van der Waals surface area contributed by atoms with Crippen molar-refractivity contribution in [3.63, 3.8) is 0 Å². The van der Waals surface area contributed by atoms with Crippen molar-refractivity contribution in [2.75, 3.05) is 0 Å².